The van der Waals surface area contributed by atoms with Crippen LogP contribution in [0, 0.1) is 0 Å². The molecule has 0 aromatic carbocycles. The van der Waals surface area contributed by atoms with Crippen molar-refractivity contribution in [2.75, 3.05) is 37.4 Å². The van der Waals surface area contributed by atoms with Gasteiger partial charge in [0.05, 0.1) is 13.7 Å². The molecule has 0 amide bonds. The molecule has 1 rings (SSSR count). The van der Waals surface area contributed by atoms with Crippen molar-refractivity contribution in [3.63, 3.8) is 0 Å². The lowest BCUT2D eigenvalue weighted by atomic mass is 10.4. The van der Waals surface area contributed by atoms with Gasteiger partial charge < -0.3 is 20.5 Å². The Bertz CT molecular complexity index is 369. The van der Waals surface area contributed by atoms with Gasteiger partial charge in [-0.3, -0.25) is 0 Å². The van der Waals surface area contributed by atoms with Crippen LogP contribution in [0.2, 0.25) is 0 Å². The van der Waals surface area contributed by atoms with Crippen LogP contribution in [-0.2, 0) is 0 Å². The first-order valence-corrected chi connectivity index (χ1v) is 5.38. The van der Waals surface area contributed by atoms with Crippen LogP contribution < -0.4 is 15.4 Å². The Morgan fingerprint density at radius 1 is 1.53 bits per heavy atom. The first-order valence-electron chi connectivity index (χ1n) is 4.60. The van der Waals surface area contributed by atoms with Crippen LogP contribution in [0.1, 0.15) is 0 Å². The third-order valence-electron chi connectivity index (χ3n) is 1.89. The first-order chi connectivity index (χ1) is 7.89. The second-order valence-corrected chi connectivity index (χ2v) is 3.92. The molecule has 17 heavy (non-hydrogen) atoms. The highest BCUT2D eigenvalue weighted by molar-refractivity contribution is 7.11. The number of methoxy groups -OCH3 is 1. The number of nitrogen functional groups attached to an aromatic ring is 1. The van der Waals surface area contributed by atoms with Crippen molar-refractivity contribution in [1.29, 1.82) is 0 Å². The third kappa shape index (κ3) is 3.63. The monoisotopic (exact) mass is 271 g/mol. The second kappa shape index (κ2) is 5.41. The number of nitrogens with zero attached hydrogens (tertiary/aromatic N) is 2. The summed E-state index contributed by atoms with van der Waals surface area (Å²) in [7, 11) is 1.30. The number of rotatable bonds is 5. The Hall–Kier alpha value is -1.22. The molecule has 0 aliphatic heterocycles. The number of anilines is 2. The van der Waals surface area contributed by atoms with E-state index in [-0.39, 0.29) is 23.1 Å². The number of nitrogens with two attached hydrogens (primary N) is 1. The predicted octanol–water partition coefficient (Wildman–Crippen LogP) is 1.09. The fourth-order valence-corrected chi connectivity index (χ4v) is 2.08. The van der Waals surface area contributed by atoms with Crippen molar-refractivity contribution in [3.05, 3.63) is 0 Å². The molecular formula is C8H12F3N3O2S. The Morgan fingerprint density at radius 3 is 2.65 bits per heavy atom. The predicted molar refractivity (Wildman–Crippen MR) is 58.4 cm³/mol. The van der Waals surface area contributed by atoms with Gasteiger partial charge in [0.2, 0.25) is 0 Å². The molecule has 0 aliphatic carbocycles. The molecule has 1 heterocycles. The lowest BCUT2D eigenvalue weighted by Gasteiger charge is -2.23. The highest BCUT2D eigenvalue weighted by Crippen LogP contribution is 2.38. The largest absolute Gasteiger partial charge is 0.490 e. The maximum atomic E-state index is 12.3. The number of aromatic nitrogens is 1. The summed E-state index contributed by atoms with van der Waals surface area (Å²) in [6.07, 6.45) is -4.38. The molecule has 0 radical (unpaired) electrons. The fourth-order valence-electron chi connectivity index (χ4n) is 1.27. The van der Waals surface area contributed by atoms with Crippen LogP contribution in [-0.4, -0.2) is 42.5 Å². The van der Waals surface area contributed by atoms with Gasteiger partial charge in [0.1, 0.15) is 6.54 Å². The number of hydrogen-bond donors (Lipinski definition) is 2. The van der Waals surface area contributed by atoms with E-state index in [1.165, 1.54) is 7.11 Å². The average molecular weight is 271 g/mol. The summed E-state index contributed by atoms with van der Waals surface area (Å²) in [4.78, 5) is 0.937. The number of hydrogen-bond acceptors (Lipinski definition) is 6. The van der Waals surface area contributed by atoms with Crippen LogP contribution in [0.3, 0.4) is 0 Å². The normalized spacial score (nSPS) is 11.6. The second-order valence-electron chi connectivity index (χ2n) is 3.17. The molecule has 3 N–H and O–H groups in total. The number of alkyl halides is 3. The molecule has 0 aliphatic rings. The number of halogens is 3. The zero-order valence-corrected chi connectivity index (χ0v) is 9.81. The minimum Gasteiger partial charge on any atom is -0.490 e. The Balaban J connectivity index is 2.96. The highest BCUT2D eigenvalue weighted by atomic mass is 32.1. The summed E-state index contributed by atoms with van der Waals surface area (Å²) in [5, 5.41) is 8.93. The van der Waals surface area contributed by atoms with Gasteiger partial charge in [-0.15, -0.1) is 0 Å². The van der Waals surface area contributed by atoms with E-state index in [9.17, 15) is 13.2 Å². The standard InChI is InChI=1S/C8H12F3N3O2S/c1-16-5-6(12)13-17-7(5)14(2-3-15)4-8(9,10)11/h15H,2-4H2,1H3,(H2,12,13). The summed E-state index contributed by atoms with van der Waals surface area (Å²) in [5.41, 5.74) is 5.45. The number of aliphatic hydroxyl groups is 1. The molecule has 1 aromatic heterocycles. The number of aliphatic hydroxyl groups excluding tert-OH is 1. The quantitative estimate of drug-likeness (QED) is 0.839. The molecular weight excluding hydrogens is 259 g/mol. The lowest BCUT2D eigenvalue weighted by Crippen LogP contribution is -2.36. The first kappa shape index (κ1) is 13.8. The van der Waals surface area contributed by atoms with E-state index < -0.39 is 19.3 Å². The van der Waals surface area contributed by atoms with Crippen molar-refractivity contribution in [2.45, 2.75) is 6.18 Å². The molecule has 98 valence electrons. The van der Waals surface area contributed by atoms with Gasteiger partial charge in [0, 0.05) is 6.54 Å². The van der Waals surface area contributed by atoms with Gasteiger partial charge in [-0.25, -0.2) is 0 Å². The molecule has 0 saturated heterocycles. The minimum atomic E-state index is -4.38. The van der Waals surface area contributed by atoms with E-state index in [2.05, 4.69) is 4.37 Å². The average Bonchev–Trinajstić information content (AvgIpc) is 2.56. The van der Waals surface area contributed by atoms with E-state index in [4.69, 9.17) is 15.6 Å². The third-order valence-corrected chi connectivity index (χ3v) is 2.79. The van der Waals surface area contributed by atoms with E-state index in [0.717, 1.165) is 16.4 Å². The van der Waals surface area contributed by atoms with Crippen LogP contribution in [0.15, 0.2) is 0 Å². The SMILES string of the molecule is COc1c(N)nsc1N(CCO)CC(F)(F)F. The van der Waals surface area contributed by atoms with Gasteiger partial charge in [0.15, 0.2) is 16.6 Å². The molecule has 1 aromatic rings. The highest BCUT2D eigenvalue weighted by Gasteiger charge is 2.33. The number of ether oxygens (including phenoxy) is 1. The molecule has 9 heteroatoms. The van der Waals surface area contributed by atoms with Crippen LogP contribution in [0.4, 0.5) is 24.0 Å². The van der Waals surface area contributed by atoms with Crippen molar-refractivity contribution in [3.8, 4) is 5.75 Å². The Kier molecular flexibility index (Phi) is 4.40. The van der Waals surface area contributed by atoms with Crippen molar-refractivity contribution in [2.24, 2.45) is 0 Å². The van der Waals surface area contributed by atoms with Crippen molar-refractivity contribution >= 4 is 22.4 Å². The summed E-state index contributed by atoms with van der Waals surface area (Å²) in [6.45, 7) is -1.76. The Labute approximate surface area is 99.8 Å². The zero-order valence-electron chi connectivity index (χ0n) is 8.99. The molecule has 0 spiro atoms. The van der Waals surface area contributed by atoms with E-state index in [1.54, 1.807) is 0 Å². The smallest absolute Gasteiger partial charge is 0.405 e. The van der Waals surface area contributed by atoms with E-state index >= 15 is 0 Å². The van der Waals surface area contributed by atoms with Crippen LogP contribution in [0.25, 0.3) is 0 Å². The maximum Gasteiger partial charge on any atom is 0.405 e. The molecule has 0 fully saturated rings. The molecule has 0 unspecified atom stereocenters. The lowest BCUT2D eigenvalue weighted by molar-refractivity contribution is -0.119. The molecule has 0 atom stereocenters. The Morgan fingerprint density at radius 2 is 2.18 bits per heavy atom. The van der Waals surface area contributed by atoms with E-state index in [1.807, 2.05) is 0 Å². The van der Waals surface area contributed by atoms with Crippen LogP contribution >= 0.6 is 11.5 Å². The summed E-state index contributed by atoms with van der Waals surface area (Å²) < 4.78 is 45.7. The van der Waals surface area contributed by atoms with Gasteiger partial charge in [-0.05, 0) is 11.5 Å². The topological polar surface area (TPSA) is 71.6 Å². The molecule has 0 bridgehead atoms. The van der Waals surface area contributed by atoms with Gasteiger partial charge in [-0.1, -0.05) is 0 Å². The van der Waals surface area contributed by atoms with E-state index in [0.29, 0.717) is 0 Å². The van der Waals surface area contributed by atoms with Gasteiger partial charge in [0.25, 0.3) is 0 Å². The van der Waals surface area contributed by atoms with Crippen LogP contribution in [0.5, 0.6) is 5.75 Å². The zero-order chi connectivity index (χ0) is 13.1. The van der Waals surface area contributed by atoms with Gasteiger partial charge in [-0.2, -0.15) is 17.5 Å². The molecule has 0 saturated carbocycles. The fraction of sp³-hybridized carbons (Fsp3) is 0.625. The maximum absolute atomic E-state index is 12.3. The summed E-state index contributed by atoms with van der Waals surface area (Å²) in [6, 6.07) is 0. The molecule has 5 nitrogen and oxygen atoms in total. The van der Waals surface area contributed by atoms with Crippen molar-refractivity contribution in [1.82, 2.24) is 4.37 Å². The summed E-state index contributed by atoms with van der Waals surface area (Å²) >= 11 is 0.804. The minimum absolute atomic E-state index is 0.0395. The van der Waals surface area contributed by atoms with Crippen molar-refractivity contribution < 1.29 is 23.0 Å². The van der Waals surface area contributed by atoms with Gasteiger partial charge >= 0.3 is 6.18 Å². The summed E-state index contributed by atoms with van der Waals surface area (Å²) in [5.74, 6) is 0.144.